The third-order valence-electron chi connectivity index (χ3n) is 4.34. The second-order valence-corrected chi connectivity index (χ2v) is 9.37. The number of carbonyl (C=O) groups excluding carboxylic acids is 1. The maximum absolute atomic E-state index is 12.4. The Balaban J connectivity index is 0.00000420. The van der Waals surface area contributed by atoms with Crippen molar-refractivity contribution in [2.24, 2.45) is 0 Å². The van der Waals surface area contributed by atoms with E-state index in [9.17, 15) is 18.3 Å². The molecule has 0 radical (unpaired) electrons. The molecular weight excluding hydrogens is 403 g/mol. The van der Waals surface area contributed by atoms with Gasteiger partial charge in [-0.3, -0.25) is 4.79 Å². The van der Waals surface area contributed by atoms with E-state index in [4.69, 9.17) is 4.42 Å². The molecule has 0 saturated heterocycles. The molecule has 0 aliphatic carbocycles. The normalized spacial score (nSPS) is 12.0. The Morgan fingerprint density at radius 2 is 1.66 bits per heavy atom. The van der Waals surface area contributed by atoms with Crippen LogP contribution in [0.2, 0.25) is 0 Å². The molecule has 1 heterocycles. The van der Waals surface area contributed by atoms with Crippen LogP contribution in [0.1, 0.15) is 70.1 Å². The number of hydrogen-bond acceptors (Lipinski definition) is 5. The van der Waals surface area contributed by atoms with Crippen LogP contribution in [0.4, 0.5) is 10.5 Å². The van der Waals surface area contributed by atoms with E-state index in [2.05, 4.69) is 10.0 Å². The second-order valence-electron chi connectivity index (χ2n) is 7.83. The molecule has 0 atom stereocenters. The molecule has 0 fully saturated rings. The van der Waals surface area contributed by atoms with Gasteiger partial charge in [0.1, 0.15) is 0 Å². The monoisotopic (exact) mass is 430 g/mol. The Labute approximate surface area is 194 Å². The number of benzene rings is 1. The summed E-state index contributed by atoms with van der Waals surface area (Å²) in [5, 5.41) is 12.1. The zero-order valence-electron chi connectivity index (χ0n) is 18.0. The molecule has 1 aromatic carbocycles. The van der Waals surface area contributed by atoms with Crippen LogP contribution in [-0.4, -0.2) is 19.6 Å². The molecule has 0 unspecified atom stereocenters. The van der Waals surface area contributed by atoms with Crippen molar-refractivity contribution < 1.29 is 52.3 Å². The van der Waals surface area contributed by atoms with Gasteiger partial charge < -0.3 is 19.6 Å². The first-order valence-electron chi connectivity index (χ1n) is 9.06. The predicted molar refractivity (Wildman–Crippen MR) is 108 cm³/mol. The van der Waals surface area contributed by atoms with Crippen molar-refractivity contribution >= 4 is 21.7 Å². The number of nitrogens with zero attached hydrogens (tertiary/aromatic N) is 1. The van der Waals surface area contributed by atoms with Crippen molar-refractivity contribution in [3.05, 3.63) is 51.9 Å². The molecule has 0 aliphatic rings. The zero-order valence-corrected chi connectivity index (χ0v) is 20.8. The fourth-order valence-electron chi connectivity index (χ4n) is 2.75. The molecule has 0 aliphatic heterocycles. The minimum atomic E-state index is -4.35. The Kier molecular flexibility index (Phi) is 8.57. The largest absolute Gasteiger partial charge is 1.00 e. The van der Waals surface area contributed by atoms with Crippen LogP contribution in [0.25, 0.3) is 4.72 Å². The summed E-state index contributed by atoms with van der Waals surface area (Å²) in [5.41, 5.74) is 1.37. The van der Waals surface area contributed by atoms with Crippen LogP contribution in [0.3, 0.4) is 0 Å². The molecule has 0 saturated carbocycles. The van der Waals surface area contributed by atoms with E-state index in [0.717, 1.165) is 23.5 Å². The molecule has 2 amide bonds. The number of furan rings is 1. The number of aliphatic hydroxyl groups is 1. The fraction of sp³-hybridized carbons (Fsp3) is 0.450. The van der Waals surface area contributed by atoms with Crippen molar-refractivity contribution in [1.29, 1.82) is 0 Å². The van der Waals surface area contributed by atoms with Gasteiger partial charge in [-0.2, -0.15) is 0 Å². The van der Waals surface area contributed by atoms with Gasteiger partial charge >= 0.3 is 29.6 Å². The zero-order chi connectivity index (χ0) is 21.3. The van der Waals surface area contributed by atoms with Gasteiger partial charge in [0.15, 0.2) is 6.03 Å². The average molecular weight is 431 g/mol. The van der Waals surface area contributed by atoms with Gasteiger partial charge in [0.05, 0.1) is 11.9 Å². The molecule has 7 nitrogen and oxygen atoms in total. The summed E-state index contributed by atoms with van der Waals surface area (Å²) in [7, 11) is -4.35. The molecule has 2 N–H and O–H groups in total. The summed E-state index contributed by atoms with van der Waals surface area (Å²) in [4.78, 5) is 12.4. The van der Waals surface area contributed by atoms with Gasteiger partial charge in [0.25, 0.3) is 0 Å². The van der Waals surface area contributed by atoms with Crippen molar-refractivity contribution in [3.63, 3.8) is 0 Å². The van der Waals surface area contributed by atoms with Crippen LogP contribution in [0, 0.1) is 0 Å². The third kappa shape index (κ3) is 6.33. The van der Waals surface area contributed by atoms with Crippen LogP contribution in [0.5, 0.6) is 0 Å². The van der Waals surface area contributed by atoms with Crippen molar-refractivity contribution in [1.82, 2.24) is 0 Å². The van der Waals surface area contributed by atoms with Crippen molar-refractivity contribution in [2.75, 3.05) is 5.32 Å². The van der Waals surface area contributed by atoms with Gasteiger partial charge in [-0.1, -0.05) is 45.9 Å². The smallest absolute Gasteiger partial charge is 0.452 e. The number of sulfonamides is 1. The van der Waals surface area contributed by atoms with Gasteiger partial charge in [0.2, 0.25) is 15.1 Å². The first-order valence-corrected chi connectivity index (χ1v) is 10.5. The molecular formula is C20H27N2NaO5S. The van der Waals surface area contributed by atoms with Crippen LogP contribution >= 0.6 is 0 Å². The minimum Gasteiger partial charge on any atom is -0.452 e. The van der Waals surface area contributed by atoms with Gasteiger partial charge in [-0.25, -0.2) is 8.42 Å². The van der Waals surface area contributed by atoms with Crippen LogP contribution < -0.4 is 34.9 Å². The van der Waals surface area contributed by atoms with E-state index in [1.165, 1.54) is 13.8 Å². The van der Waals surface area contributed by atoms with Crippen molar-refractivity contribution in [3.8, 4) is 0 Å². The molecule has 0 spiro atoms. The van der Waals surface area contributed by atoms with Gasteiger partial charge in [0, 0.05) is 11.6 Å². The number of anilines is 1. The maximum atomic E-state index is 12.4. The second kappa shape index (κ2) is 9.66. The first kappa shape index (κ1) is 25.7. The molecule has 154 valence electrons. The summed E-state index contributed by atoms with van der Waals surface area (Å²) in [5.74, 6) is 0.259. The molecule has 29 heavy (non-hydrogen) atoms. The predicted octanol–water partition coefficient (Wildman–Crippen LogP) is 2.05. The summed E-state index contributed by atoms with van der Waals surface area (Å²) < 4.78 is 33.1. The van der Waals surface area contributed by atoms with E-state index in [0.29, 0.717) is 5.69 Å². The van der Waals surface area contributed by atoms with Crippen molar-refractivity contribution in [2.45, 2.75) is 64.1 Å². The van der Waals surface area contributed by atoms with E-state index in [1.807, 2.05) is 45.9 Å². The molecule has 0 bridgehead atoms. The van der Waals surface area contributed by atoms with Crippen LogP contribution in [0.15, 0.2) is 40.0 Å². The SMILES string of the molecule is CC(C)c1cccc(C(C)C)c1NC(=O)[N-]S(=O)(=O)c1cc(C(C)(C)O)co1.[Na+]. The van der Waals surface area contributed by atoms with Gasteiger partial charge in [-0.15, -0.1) is 0 Å². The summed E-state index contributed by atoms with van der Waals surface area (Å²) in [6, 6.07) is 5.85. The first-order chi connectivity index (χ1) is 12.8. The number of nitrogens with one attached hydrogen (secondary N) is 1. The summed E-state index contributed by atoms with van der Waals surface area (Å²) >= 11 is 0. The van der Waals surface area contributed by atoms with E-state index >= 15 is 0 Å². The fourth-order valence-corrected chi connectivity index (χ4v) is 3.55. The van der Waals surface area contributed by atoms with E-state index in [1.54, 1.807) is 0 Å². The van der Waals surface area contributed by atoms with E-state index in [-0.39, 0.29) is 47.0 Å². The number of urea groups is 1. The average Bonchev–Trinajstić information content (AvgIpc) is 3.05. The Hall–Kier alpha value is -1.32. The summed E-state index contributed by atoms with van der Waals surface area (Å²) in [6.07, 6.45) is 1.13. The standard InChI is InChI=1S/C20H28N2O5S.Na/c1-12(2)15-8-7-9-16(13(3)4)18(15)21-19(23)22-28(25,26)17-10-14(11-27-17)20(5,6)24;/h7-13,24H,1-6H3,(H2,21,22,23);/q;+1/p-1. The molecule has 2 aromatic rings. The van der Waals surface area contributed by atoms with Crippen LogP contribution in [-0.2, 0) is 15.6 Å². The summed E-state index contributed by atoms with van der Waals surface area (Å²) in [6.45, 7) is 10.9. The number of carbonyl (C=O) groups is 1. The Morgan fingerprint density at radius 3 is 2.07 bits per heavy atom. The molecule has 2 rings (SSSR count). The number of hydrogen-bond donors (Lipinski definition) is 2. The van der Waals surface area contributed by atoms with E-state index < -0.39 is 26.7 Å². The molecule has 1 aromatic heterocycles. The Morgan fingerprint density at radius 1 is 1.14 bits per heavy atom. The van der Waals surface area contributed by atoms with Gasteiger partial charge in [-0.05, 0) is 42.5 Å². The topological polar surface area (TPSA) is 111 Å². The number of amides is 2. The Bertz CT molecular complexity index is 933. The minimum absolute atomic E-state index is 0. The number of rotatable bonds is 6. The third-order valence-corrected chi connectivity index (χ3v) is 5.47. The quantitative estimate of drug-likeness (QED) is 0.682. The number of para-hydroxylation sites is 1. The maximum Gasteiger partial charge on any atom is 1.00 e. The molecule has 9 heteroatoms.